The second kappa shape index (κ2) is 12.7. The minimum atomic E-state index is -0.486. The molecule has 162 valence electrons. The number of thioether (sulfide) groups is 1. The fourth-order valence-corrected chi connectivity index (χ4v) is 4.09. The molecule has 0 saturated heterocycles. The fraction of sp³-hybridized carbons (Fsp3) is 0.417. The molecule has 30 heavy (non-hydrogen) atoms. The molecule has 0 aliphatic rings. The summed E-state index contributed by atoms with van der Waals surface area (Å²) in [5.41, 5.74) is 3.37. The van der Waals surface area contributed by atoms with Crippen molar-refractivity contribution in [2.45, 2.75) is 52.0 Å². The third-order valence-corrected chi connectivity index (χ3v) is 6.06. The molecular weight excluding hydrogens is 416 g/mol. The van der Waals surface area contributed by atoms with E-state index in [0.717, 1.165) is 17.7 Å². The van der Waals surface area contributed by atoms with Crippen molar-refractivity contribution in [2.75, 3.05) is 12.3 Å². The maximum atomic E-state index is 13.1. The van der Waals surface area contributed by atoms with Gasteiger partial charge in [0, 0.05) is 23.9 Å². The lowest BCUT2D eigenvalue weighted by Gasteiger charge is -2.30. The maximum absolute atomic E-state index is 13.1. The lowest BCUT2D eigenvalue weighted by molar-refractivity contribution is -0.139. The summed E-state index contributed by atoms with van der Waals surface area (Å²) in [5.74, 6) is 0.976. The SMILES string of the molecule is CCCNC(=O)C(CC)N(Cc1ccc(Cl)cc1)C(=O)CSCc1ccc(C)cc1. The minimum absolute atomic E-state index is 0.0273. The molecular formula is C24H31ClN2O2S. The molecule has 0 spiro atoms. The van der Waals surface area contributed by atoms with E-state index in [0.29, 0.717) is 30.3 Å². The van der Waals surface area contributed by atoms with E-state index in [-0.39, 0.29) is 11.8 Å². The van der Waals surface area contributed by atoms with E-state index in [1.54, 1.807) is 16.7 Å². The molecule has 2 aromatic carbocycles. The van der Waals surface area contributed by atoms with Crippen LogP contribution in [0.25, 0.3) is 0 Å². The molecule has 4 nitrogen and oxygen atoms in total. The number of hydrogen-bond donors (Lipinski definition) is 1. The van der Waals surface area contributed by atoms with Crippen LogP contribution in [0.2, 0.25) is 5.02 Å². The van der Waals surface area contributed by atoms with Gasteiger partial charge in [-0.25, -0.2) is 0 Å². The number of aryl methyl sites for hydroxylation is 1. The molecule has 2 aromatic rings. The molecule has 0 fully saturated rings. The van der Waals surface area contributed by atoms with Crippen molar-refractivity contribution < 1.29 is 9.59 Å². The van der Waals surface area contributed by atoms with Gasteiger partial charge in [0.15, 0.2) is 0 Å². The first-order chi connectivity index (χ1) is 14.4. The van der Waals surface area contributed by atoms with Crippen molar-refractivity contribution >= 4 is 35.2 Å². The van der Waals surface area contributed by atoms with Gasteiger partial charge in [0.05, 0.1) is 5.75 Å². The van der Waals surface area contributed by atoms with Crippen LogP contribution in [0.5, 0.6) is 0 Å². The number of hydrogen-bond acceptors (Lipinski definition) is 3. The highest BCUT2D eigenvalue weighted by Crippen LogP contribution is 2.18. The van der Waals surface area contributed by atoms with E-state index in [4.69, 9.17) is 11.6 Å². The van der Waals surface area contributed by atoms with Gasteiger partial charge in [-0.2, -0.15) is 0 Å². The number of amides is 2. The molecule has 0 aliphatic heterocycles. The monoisotopic (exact) mass is 446 g/mol. The average molecular weight is 447 g/mol. The first-order valence-corrected chi connectivity index (χ1v) is 11.9. The van der Waals surface area contributed by atoms with Crippen molar-refractivity contribution in [3.63, 3.8) is 0 Å². The molecule has 0 saturated carbocycles. The zero-order valence-electron chi connectivity index (χ0n) is 18.0. The Hall–Kier alpha value is -1.98. The number of carbonyl (C=O) groups is 2. The lowest BCUT2D eigenvalue weighted by Crippen LogP contribution is -2.49. The number of nitrogens with zero attached hydrogens (tertiary/aromatic N) is 1. The largest absolute Gasteiger partial charge is 0.354 e. The van der Waals surface area contributed by atoms with E-state index in [1.807, 2.05) is 38.1 Å². The smallest absolute Gasteiger partial charge is 0.242 e. The molecule has 1 N–H and O–H groups in total. The summed E-state index contributed by atoms with van der Waals surface area (Å²) in [6.45, 7) is 7.01. The van der Waals surface area contributed by atoms with Crippen LogP contribution in [0, 0.1) is 6.92 Å². The summed E-state index contributed by atoms with van der Waals surface area (Å²) in [7, 11) is 0. The maximum Gasteiger partial charge on any atom is 0.242 e. The molecule has 0 aliphatic carbocycles. The van der Waals surface area contributed by atoms with Crippen LogP contribution in [-0.2, 0) is 21.9 Å². The topological polar surface area (TPSA) is 49.4 Å². The number of nitrogens with one attached hydrogen (secondary N) is 1. The zero-order chi connectivity index (χ0) is 21.9. The van der Waals surface area contributed by atoms with Crippen molar-refractivity contribution in [2.24, 2.45) is 0 Å². The summed E-state index contributed by atoms with van der Waals surface area (Å²) in [4.78, 5) is 27.6. The van der Waals surface area contributed by atoms with E-state index in [1.165, 1.54) is 11.1 Å². The summed E-state index contributed by atoms with van der Waals surface area (Å²) in [6.07, 6.45) is 1.43. The molecule has 0 heterocycles. The number of halogens is 1. The number of rotatable bonds is 11. The normalized spacial score (nSPS) is 11.7. The molecule has 0 bridgehead atoms. The van der Waals surface area contributed by atoms with Crippen LogP contribution in [0.15, 0.2) is 48.5 Å². The highest BCUT2D eigenvalue weighted by molar-refractivity contribution is 7.99. The lowest BCUT2D eigenvalue weighted by atomic mass is 10.1. The predicted octanol–water partition coefficient (Wildman–Crippen LogP) is 5.22. The molecule has 2 amide bonds. The van der Waals surface area contributed by atoms with Gasteiger partial charge >= 0.3 is 0 Å². The first kappa shape index (κ1) is 24.3. The highest BCUT2D eigenvalue weighted by Gasteiger charge is 2.28. The van der Waals surface area contributed by atoms with Crippen LogP contribution in [0.3, 0.4) is 0 Å². The second-order valence-corrected chi connectivity index (χ2v) is 8.76. The Bertz CT molecular complexity index is 809. The van der Waals surface area contributed by atoms with Crippen molar-refractivity contribution in [3.8, 4) is 0 Å². The zero-order valence-corrected chi connectivity index (χ0v) is 19.6. The van der Waals surface area contributed by atoms with Gasteiger partial charge in [-0.3, -0.25) is 9.59 Å². The van der Waals surface area contributed by atoms with Crippen molar-refractivity contribution in [1.82, 2.24) is 10.2 Å². The van der Waals surface area contributed by atoms with Gasteiger partial charge < -0.3 is 10.2 Å². The van der Waals surface area contributed by atoms with Crippen molar-refractivity contribution in [1.29, 1.82) is 0 Å². The molecule has 1 atom stereocenters. The van der Waals surface area contributed by atoms with Crippen LogP contribution >= 0.6 is 23.4 Å². The minimum Gasteiger partial charge on any atom is -0.354 e. The molecule has 6 heteroatoms. The Balaban J connectivity index is 2.09. The van der Waals surface area contributed by atoms with E-state index in [9.17, 15) is 9.59 Å². The molecule has 2 rings (SSSR count). The van der Waals surface area contributed by atoms with Gasteiger partial charge in [-0.15, -0.1) is 11.8 Å². The Morgan fingerprint density at radius 1 is 1.03 bits per heavy atom. The Morgan fingerprint density at radius 2 is 1.67 bits per heavy atom. The summed E-state index contributed by atoms with van der Waals surface area (Å²) >= 11 is 7.57. The van der Waals surface area contributed by atoms with E-state index >= 15 is 0 Å². The highest BCUT2D eigenvalue weighted by atomic mass is 35.5. The molecule has 0 radical (unpaired) electrons. The van der Waals surface area contributed by atoms with Crippen molar-refractivity contribution in [3.05, 3.63) is 70.2 Å². The van der Waals surface area contributed by atoms with E-state index in [2.05, 4.69) is 36.5 Å². The quantitative estimate of drug-likeness (QED) is 0.515. The standard InChI is InChI=1S/C24H31ClN2O2S/c1-4-14-26-24(29)22(5-2)27(15-19-10-12-21(25)13-11-19)23(28)17-30-16-20-8-6-18(3)7-9-20/h6-13,22H,4-5,14-17H2,1-3H3,(H,26,29). The Labute approximate surface area is 189 Å². The number of benzene rings is 2. The number of carbonyl (C=O) groups excluding carboxylic acids is 2. The summed E-state index contributed by atoms with van der Waals surface area (Å²) in [5, 5.41) is 3.59. The van der Waals surface area contributed by atoms with Gasteiger partial charge in [-0.05, 0) is 43.0 Å². The van der Waals surface area contributed by atoms with Gasteiger partial charge in [-0.1, -0.05) is 67.4 Å². The first-order valence-electron chi connectivity index (χ1n) is 10.4. The van der Waals surface area contributed by atoms with Crippen LogP contribution in [-0.4, -0.2) is 35.1 Å². The third kappa shape index (κ3) is 7.69. The predicted molar refractivity (Wildman–Crippen MR) is 127 cm³/mol. The van der Waals surface area contributed by atoms with Crippen LogP contribution in [0.1, 0.15) is 43.4 Å². The Morgan fingerprint density at radius 3 is 2.27 bits per heavy atom. The third-order valence-electron chi connectivity index (χ3n) is 4.82. The van der Waals surface area contributed by atoms with E-state index < -0.39 is 6.04 Å². The second-order valence-electron chi connectivity index (χ2n) is 7.34. The Kier molecular flexibility index (Phi) is 10.2. The summed E-state index contributed by atoms with van der Waals surface area (Å²) in [6, 6.07) is 15.3. The summed E-state index contributed by atoms with van der Waals surface area (Å²) < 4.78 is 0. The fourth-order valence-electron chi connectivity index (χ4n) is 3.10. The van der Waals surface area contributed by atoms with Gasteiger partial charge in [0.1, 0.15) is 6.04 Å². The van der Waals surface area contributed by atoms with Crippen LogP contribution in [0.4, 0.5) is 0 Å². The molecule has 1 unspecified atom stereocenters. The van der Waals surface area contributed by atoms with Crippen LogP contribution < -0.4 is 5.32 Å². The average Bonchev–Trinajstić information content (AvgIpc) is 2.74. The van der Waals surface area contributed by atoms with Gasteiger partial charge in [0.2, 0.25) is 11.8 Å². The van der Waals surface area contributed by atoms with Gasteiger partial charge in [0.25, 0.3) is 0 Å². The molecule has 0 aromatic heterocycles.